The fraction of sp³-hybridized carbons (Fsp3) is 0.250. The van der Waals surface area contributed by atoms with Gasteiger partial charge in [0.1, 0.15) is 0 Å². The van der Waals surface area contributed by atoms with Crippen molar-refractivity contribution in [2.75, 3.05) is 11.9 Å². The minimum Gasteiger partial charge on any atom is -0.385 e. The van der Waals surface area contributed by atoms with E-state index >= 15 is 0 Å². The van der Waals surface area contributed by atoms with Crippen molar-refractivity contribution in [3.8, 4) is 11.1 Å². The van der Waals surface area contributed by atoms with E-state index in [1.165, 1.54) is 27.9 Å². The maximum absolute atomic E-state index is 3.35. The third-order valence-electron chi connectivity index (χ3n) is 2.80. The molecule has 0 radical (unpaired) electrons. The van der Waals surface area contributed by atoms with Crippen LogP contribution in [0.2, 0.25) is 0 Å². The van der Waals surface area contributed by atoms with Crippen molar-refractivity contribution in [3.63, 3.8) is 0 Å². The lowest BCUT2D eigenvalue weighted by Crippen LogP contribution is -1.96. The quantitative estimate of drug-likeness (QED) is 0.816. The van der Waals surface area contributed by atoms with Crippen LogP contribution in [-0.4, -0.2) is 6.54 Å². The van der Waals surface area contributed by atoms with E-state index < -0.39 is 0 Å². The summed E-state index contributed by atoms with van der Waals surface area (Å²) in [5.41, 5.74) is 6.38. The highest BCUT2D eigenvalue weighted by molar-refractivity contribution is 5.69. The molecular formula is C16H19N. The van der Waals surface area contributed by atoms with Crippen molar-refractivity contribution in [1.29, 1.82) is 0 Å². The summed E-state index contributed by atoms with van der Waals surface area (Å²) in [5.74, 6) is 0. The van der Waals surface area contributed by atoms with Gasteiger partial charge in [-0.2, -0.15) is 0 Å². The molecule has 0 saturated heterocycles. The van der Waals surface area contributed by atoms with Crippen molar-refractivity contribution in [2.45, 2.75) is 20.8 Å². The molecule has 0 saturated carbocycles. The second-order valence-electron chi connectivity index (χ2n) is 4.49. The third kappa shape index (κ3) is 2.88. The number of hydrogen-bond donors (Lipinski definition) is 1. The second-order valence-corrected chi connectivity index (χ2v) is 4.49. The molecule has 0 aliphatic carbocycles. The normalized spacial score (nSPS) is 10.3. The Balaban J connectivity index is 2.41. The summed E-state index contributed by atoms with van der Waals surface area (Å²) in [4.78, 5) is 0. The Hall–Kier alpha value is -1.76. The van der Waals surface area contributed by atoms with Gasteiger partial charge in [-0.3, -0.25) is 0 Å². The van der Waals surface area contributed by atoms with E-state index in [-0.39, 0.29) is 0 Å². The van der Waals surface area contributed by atoms with Crippen molar-refractivity contribution in [3.05, 3.63) is 53.6 Å². The van der Waals surface area contributed by atoms with Gasteiger partial charge in [-0.1, -0.05) is 41.5 Å². The first-order valence-electron chi connectivity index (χ1n) is 6.11. The summed E-state index contributed by atoms with van der Waals surface area (Å²) in [7, 11) is 0. The van der Waals surface area contributed by atoms with Crippen LogP contribution in [0, 0.1) is 13.8 Å². The number of nitrogens with one attached hydrogen (secondary N) is 1. The van der Waals surface area contributed by atoms with Gasteiger partial charge in [0.15, 0.2) is 0 Å². The molecule has 0 unspecified atom stereocenters. The van der Waals surface area contributed by atoms with Crippen molar-refractivity contribution in [1.82, 2.24) is 0 Å². The topological polar surface area (TPSA) is 12.0 Å². The average Bonchev–Trinajstić information content (AvgIpc) is 2.28. The predicted molar refractivity (Wildman–Crippen MR) is 75.5 cm³/mol. The van der Waals surface area contributed by atoms with Crippen LogP contribution in [-0.2, 0) is 0 Å². The number of anilines is 1. The number of aryl methyl sites for hydroxylation is 2. The molecule has 0 bridgehead atoms. The van der Waals surface area contributed by atoms with Crippen LogP contribution in [0.25, 0.3) is 11.1 Å². The van der Waals surface area contributed by atoms with Crippen molar-refractivity contribution < 1.29 is 0 Å². The maximum Gasteiger partial charge on any atom is 0.0346 e. The first-order chi connectivity index (χ1) is 8.19. The fourth-order valence-electron chi connectivity index (χ4n) is 2.15. The van der Waals surface area contributed by atoms with Gasteiger partial charge in [0.05, 0.1) is 0 Å². The van der Waals surface area contributed by atoms with Gasteiger partial charge in [0, 0.05) is 12.2 Å². The highest BCUT2D eigenvalue weighted by Crippen LogP contribution is 2.24. The fourth-order valence-corrected chi connectivity index (χ4v) is 2.15. The lowest BCUT2D eigenvalue weighted by molar-refractivity contribution is 1.21. The summed E-state index contributed by atoms with van der Waals surface area (Å²) in [6.07, 6.45) is 0. The van der Waals surface area contributed by atoms with Gasteiger partial charge in [0.25, 0.3) is 0 Å². The van der Waals surface area contributed by atoms with E-state index in [1.807, 2.05) is 0 Å². The first kappa shape index (κ1) is 11.7. The Labute approximate surface area is 103 Å². The Morgan fingerprint density at radius 3 is 2.24 bits per heavy atom. The van der Waals surface area contributed by atoms with Crippen LogP contribution in [0.15, 0.2) is 42.5 Å². The highest BCUT2D eigenvalue weighted by atomic mass is 14.8. The third-order valence-corrected chi connectivity index (χ3v) is 2.80. The molecule has 0 aromatic heterocycles. The standard InChI is InChI=1S/C16H19N/c1-4-17-16-7-5-6-14(11-16)15-9-12(2)8-13(3)10-15/h5-11,17H,4H2,1-3H3. The molecule has 2 aromatic rings. The van der Waals surface area contributed by atoms with Crippen LogP contribution in [0.3, 0.4) is 0 Å². The minimum atomic E-state index is 0.955. The molecule has 17 heavy (non-hydrogen) atoms. The Morgan fingerprint density at radius 2 is 1.59 bits per heavy atom. The maximum atomic E-state index is 3.35. The van der Waals surface area contributed by atoms with Crippen molar-refractivity contribution >= 4 is 5.69 Å². The SMILES string of the molecule is CCNc1cccc(-c2cc(C)cc(C)c2)c1. The molecule has 0 aliphatic heterocycles. The molecule has 0 spiro atoms. The zero-order chi connectivity index (χ0) is 12.3. The Kier molecular flexibility index (Phi) is 3.48. The smallest absolute Gasteiger partial charge is 0.0346 e. The molecule has 0 heterocycles. The Bertz CT molecular complexity index is 494. The molecule has 1 heteroatoms. The van der Waals surface area contributed by atoms with Crippen LogP contribution in [0.4, 0.5) is 5.69 Å². The molecule has 2 aromatic carbocycles. The van der Waals surface area contributed by atoms with E-state index in [9.17, 15) is 0 Å². The molecule has 1 N–H and O–H groups in total. The van der Waals surface area contributed by atoms with Crippen LogP contribution in [0.5, 0.6) is 0 Å². The molecule has 88 valence electrons. The molecular weight excluding hydrogens is 206 g/mol. The molecule has 1 nitrogen and oxygen atoms in total. The van der Waals surface area contributed by atoms with Gasteiger partial charge in [-0.25, -0.2) is 0 Å². The molecule has 0 atom stereocenters. The summed E-state index contributed by atoms with van der Waals surface area (Å²) in [5, 5.41) is 3.35. The Morgan fingerprint density at radius 1 is 0.882 bits per heavy atom. The van der Waals surface area contributed by atoms with E-state index in [2.05, 4.69) is 68.6 Å². The monoisotopic (exact) mass is 225 g/mol. The number of rotatable bonds is 3. The predicted octanol–water partition coefficient (Wildman–Crippen LogP) is 4.40. The summed E-state index contributed by atoms with van der Waals surface area (Å²) in [6.45, 7) is 7.36. The lowest BCUT2D eigenvalue weighted by atomic mass is 10.0. The lowest BCUT2D eigenvalue weighted by Gasteiger charge is -2.08. The van der Waals surface area contributed by atoms with Crippen LogP contribution in [0.1, 0.15) is 18.1 Å². The number of benzene rings is 2. The zero-order valence-corrected chi connectivity index (χ0v) is 10.7. The van der Waals surface area contributed by atoms with Crippen LogP contribution < -0.4 is 5.32 Å². The van der Waals surface area contributed by atoms with Gasteiger partial charge in [0.2, 0.25) is 0 Å². The summed E-state index contributed by atoms with van der Waals surface area (Å²) >= 11 is 0. The number of hydrogen-bond acceptors (Lipinski definition) is 1. The average molecular weight is 225 g/mol. The van der Waals surface area contributed by atoms with Crippen LogP contribution >= 0.6 is 0 Å². The van der Waals surface area contributed by atoms with Gasteiger partial charge in [-0.15, -0.1) is 0 Å². The van der Waals surface area contributed by atoms with Gasteiger partial charge >= 0.3 is 0 Å². The van der Waals surface area contributed by atoms with Gasteiger partial charge < -0.3 is 5.32 Å². The van der Waals surface area contributed by atoms with E-state index in [4.69, 9.17) is 0 Å². The second kappa shape index (κ2) is 5.05. The zero-order valence-electron chi connectivity index (χ0n) is 10.7. The summed E-state index contributed by atoms with van der Waals surface area (Å²) in [6, 6.07) is 15.3. The van der Waals surface area contributed by atoms with E-state index in [0.29, 0.717) is 0 Å². The molecule has 0 aliphatic rings. The van der Waals surface area contributed by atoms with E-state index in [0.717, 1.165) is 6.54 Å². The largest absolute Gasteiger partial charge is 0.385 e. The minimum absolute atomic E-state index is 0.955. The molecule has 0 fully saturated rings. The van der Waals surface area contributed by atoms with Gasteiger partial charge in [-0.05, 0) is 44.0 Å². The summed E-state index contributed by atoms with van der Waals surface area (Å²) < 4.78 is 0. The van der Waals surface area contributed by atoms with E-state index in [1.54, 1.807) is 0 Å². The molecule has 0 amide bonds. The molecule has 2 rings (SSSR count). The first-order valence-corrected chi connectivity index (χ1v) is 6.11. The van der Waals surface area contributed by atoms with Crippen molar-refractivity contribution in [2.24, 2.45) is 0 Å². The highest BCUT2D eigenvalue weighted by Gasteiger charge is 2.00.